The number of aromatic nitrogens is 3. The van der Waals surface area contributed by atoms with Gasteiger partial charge in [-0.05, 0) is 18.1 Å². The van der Waals surface area contributed by atoms with Crippen LogP contribution in [0.4, 0.5) is 36.8 Å². The Bertz CT molecular complexity index is 1470. The van der Waals surface area contributed by atoms with Crippen LogP contribution in [0.1, 0.15) is 42.5 Å². The first-order valence-corrected chi connectivity index (χ1v) is 12.3. The predicted molar refractivity (Wildman–Crippen MR) is 133 cm³/mol. The van der Waals surface area contributed by atoms with E-state index in [1.165, 1.54) is 18.2 Å². The zero-order valence-electron chi connectivity index (χ0n) is 21.8. The van der Waals surface area contributed by atoms with E-state index in [4.69, 9.17) is 9.15 Å². The highest BCUT2D eigenvalue weighted by Crippen LogP contribution is 2.46. The second kappa shape index (κ2) is 11.8. The minimum absolute atomic E-state index is 0.0197. The van der Waals surface area contributed by atoms with Gasteiger partial charge in [0, 0.05) is 19.9 Å². The molecule has 0 radical (unpaired) electrons. The molecule has 1 aliphatic rings. The number of amides is 2. The van der Waals surface area contributed by atoms with Crippen molar-refractivity contribution in [2.45, 2.75) is 50.9 Å². The zero-order chi connectivity index (χ0) is 30.7. The Balaban J connectivity index is 1.94. The molecule has 3 heterocycles. The van der Waals surface area contributed by atoms with Crippen LogP contribution in [0.2, 0.25) is 0 Å². The van der Waals surface area contributed by atoms with Gasteiger partial charge >= 0.3 is 18.4 Å². The number of carbonyl (C=O) groups excluding carboxylic acids is 1. The fourth-order valence-electron chi connectivity index (χ4n) is 4.21. The fraction of sp³-hybridized carbons (Fsp3) is 0.346. The molecule has 4 rings (SSSR count). The van der Waals surface area contributed by atoms with Gasteiger partial charge in [0.15, 0.2) is 5.69 Å². The Morgan fingerprint density at radius 3 is 2.45 bits per heavy atom. The Morgan fingerprint density at radius 1 is 1.12 bits per heavy atom. The summed E-state index contributed by atoms with van der Waals surface area (Å²) in [5.41, 5.74) is -6.36. The van der Waals surface area contributed by atoms with Gasteiger partial charge < -0.3 is 19.2 Å². The standard InChI is InChI=1S/C26H23F6N5O5/c1-15(38)37-11-7-3-6-10-24(26(30,31)32,41-14-16-8-4-2-5-9-16)22-36-35-21(42-22)20-18(34-23(39)40)12-17(25(27,28)29)19(13-37)33-20/h2-6,8-9,12,34H,7,10-11,13-14H2,1H3,(H,39,40). The van der Waals surface area contributed by atoms with Crippen molar-refractivity contribution < 1.29 is 50.2 Å². The molecule has 4 bridgehead atoms. The maximum Gasteiger partial charge on any atom is 0.426 e. The highest BCUT2D eigenvalue weighted by atomic mass is 19.4. The third-order valence-corrected chi connectivity index (χ3v) is 6.33. The molecule has 2 aromatic heterocycles. The van der Waals surface area contributed by atoms with Crippen molar-refractivity contribution in [3.05, 3.63) is 71.3 Å². The lowest BCUT2D eigenvalue weighted by atomic mass is 9.97. The van der Waals surface area contributed by atoms with E-state index in [0.29, 0.717) is 11.6 Å². The molecule has 0 aliphatic carbocycles. The van der Waals surface area contributed by atoms with E-state index in [1.807, 2.05) is 0 Å². The van der Waals surface area contributed by atoms with E-state index in [-0.39, 0.29) is 13.0 Å². The van der Waals surface area contributed by atoms with Crippen molar-refractivity contribution in [1.82, 2.24) is 20.1 Å². The molecule has 1 atom stereocenters. The minimum atomic E-state index is -5.14. The van der Waals surface area contributed by atoms with Crippen molar-refractivity contribution in [3.8, 4) is 11.6 Å². The van der Waals surface area contributed by atoms with Crippen molar-refractivity contribution in [2.75, 3.05) is 11.9 Å². The van der Waals surface area contributed by atoms with Crippen LogP contribution >= 0.6 is 0 Å². The normalized spacial score (nSPS) is 17.9. The summed E-state index contributed by atoms with van der Waals surface area (Å²) in [5.74, 6) is -2.51. The first kappa shape index (κ1) is 30.5. The van der Waals surface area contributed by atoms with Crippen LogP contribution in [-0.2, 0) is 34.5 Å². The van der Waals surface area contributed by atoms with Crippen LogP contribution in [0.15, 0.2) is 53.0 Å². The number of nitrogens with one attached hydrogen (secondary N) is 1. The number of carbonyl (C=O) groups is 2. The topological polar surface area (TPSA) is 131 Å². The van der Waals surface area contributed by atoms with Gasteiger partial charge in [-0.25, -0.2) is 9.78 Å². The summed E-state index contributed by atoms with van der Waals surface area (Å²) in [5, 5.41) is 18.1. The monoisotopic (exact) mass is 599 g/mol. The van der Waals surface area contributed by atoms with Crippen molar-refractivity contribution in [1.29, 1.82) is 0 Å². The molecular formula is C26H23F6N5O5. The highest BCUT2D eigenvalue weighted by Gasteiger charge is 2.61. The van der Waals surface area contributed by atoms with Gasteiger partial charge in [-0.2, -0.15) is 26.3 Å². The molecule has 0 spiro atoms. The molecule has 224 valence electrons. The summed E-state index contributed by atoms with van der Waals surface area (Å²) >= 11 is 0. The highest BCUT2D eigenvalue weighted by molar-refractivity contribution is 5.88. The molecular weight excluding hydrogens is 576 g/mol. The maximum absolute atomic E-state index is 14.8. The Morgan fingerprint density at radius 2 is 1.83 bits per heavy atom. The summed E-state index contributed by atoms with van der Waals surface area (Å²) in [7, 11) is 0. The van der Waals surface area contributed by atoms with E-state index in [2.05, 4.69) is 15.2 Å². The number of nitrogens with zero attached hydrogens (tertiary/aromatic N) is 4. The van der Waals surface area contributed by atoms with Gasteiger partial charge in [0.05, 0.1) is 30.1 Å². The lowest BCUT2D eigenvalue weighted by Gasteiger charge is -2.31. The van der Waals surface area contributed by atoms with Crippen LogP contribution in [0.5, 0.6) is 0 Å². The lowest BCUT2D eigenvalue weighted by molar-refractivity contribution is -0.295. The van der Waals surface area contributed by atoms with Gasteiger partial charge in [-0.3, -0.25) is 10.1 Å². The molecule has 1 aromatic carbocycles. The molecule has 0 fully saturated rings. The van der Waals surface area contributed by atoms with Gasteiger partial charge in [0.25, 0.3) is 11.8 Å². The van der Waals surface area contributed by atoms with E-state index in [9.17, 15) is 41.0 Å². The lowest BCUT2D eigenvalue weighted by Crippen LogP contribution is -2.45. The summed E-state index contributed by atoms with van der Waals surface area (Å²) in [6.07, 6.45) is -10.4. The molecule has 0 saturated carbocycles. The Kier molecular flexibility index (Phi) is 8.56. The summed E-state index contributed by atoms with van der Waals surface area (Å²) < 4.78 is 97.2. The average Bonchev–Trinajstić information content (AvgIpc) is 3.38. The molecule has 10 nitrogen and oxygen atoms in total. The van der Waals surface area contributed by atoms with Crippen LogP contribution in [0, 0.1) is 0 Å². The number of fused-ring (bicyclic) bond motifs is 5. The second-order valence-electron chi connectivity index (χ2n) is 9.22. The Labute approximate surface area is 234 Å². The molecule has 2 amide bonds. The van der Waals surface area contributed by atoms with Crippen LogP contribution in [-0.4, -0.2) is 49.9 Å². The van der Waals surface area contributed by atoms with Crippen LogP contribution < -0.4 is 5.32 Å². The first-order valence-electron chi connectivity index (χ1n) is 12.3. The number of pyridine rings is 1. The number of ether oxygens (including phenoxy) is 1. The number of halogens is 6. The van der Waals surface area contributed by atoms with Crippen molar-refractivity contribution in [3.63, 3.8) is 0 Å². The maximum atomic E-state index is 14.8. The fourth-order valence-corrected chi connectivity index (χ4v) is 4.21. The van der Waals surface area contributed by atoms with Gasteiger partial charge in [0.1, 0.15) is 0 Å². The van der Waals surface area contributed by atoms with E-state index in [0.717, 1.165) is 17.9 Å². The number of hydrogen-bond acceptors (Lipinski definition) is 7. The average molecular weight is 599 g/mol. The largest absolute Gasteiger partial charge is 0.465 e. The smallest absolute Gasteiger partial charge is 0.426 e. The number of carboxylic acid groups (broad SMARTS) is 1. The molecule has 1 unspecified atom stereocenters. The number of hydrogen-bond donors (Lipinski definition) is 2. The van der Waals surface area contributed by atoms with Gasteiger partial charge in [-0.1, -0.05) is 42.5 Å². The number of alkyl halides is 6. The number of rotatable bonds is 4. The van der Waals surface area contributed by atoms with E-state index in [1.54, 1.807) is 23.5 Å². The minimum Gasteiger partial charge on any atom is -0.465 e. The van der Waals surface area contributed by atoms with E-state index < -0.39 is 83.9 Å². The SMILES string of the molecule is CC(=O)N1CCC=CCC(OCc2ccccc2)(C(F)(F)F)c2nnc(o2)-c2nc(c(C(F)(F)F)cc2NC(=O)O)C1. The zero-order valence-corrected chi connectivity index (χ0v) is 21.8. The van der Waals surface area contributed by atoms with Gasteiger partial charge in [0.2, 0.25) is 11.5 Å². The van der Waals surface area contributed by atoms with Crippen LogP contribution in [0.25, 0.3) is 11.6 Å². The number of benzene rings is 1. The predicted octanol–water partition coefficient (Wildman–Crippen LogP) is 5.91. The first-order chi connectivity index (χ1) is 19.7. The summed E-state index contributed by atoms with van der Waals surface area (Å²) in [4.78, 5) is 28.6. The molecule has 0 saturated heterocycles. The molecule has 1 aliphatic heterocycles. The molecule has 16 heteroatoms. The summed E-state index contributed by atoms with van der Waals surface area (Å²) in [6, 6.07) is 8.34. The third kappa shape index (κ3) is 6.53. The van der Waals surface area contributed by atoms with Gasteiger partial charge in [-0.15, -0.1) is 10.2 Å². The summed E-state index contributed by atoms with van der Waals surface area (Å²) in [6.45, 7) is -0.222. The van der Waals surface area contributed by atoms with Crippen molar-refractivity contribution in [2.24, 2.45) is 0 Å². The van der Waals surface area contributed by atoms with Crippen LogP contribution in [0.3, 0.4) is 0 Å². The molecule has 2 N–H and O–H groups in total. The number of anilines is 1. The third-order valence-electron chi connectivity index (χ3n) is 6.33. The van der Waals surface area contributed by atoms with Crippen molar-refractivity contribution >= 4 is 17.7 Å². The Hall–Kier alpha value is -4.47. The van der Waals surface area contributed by atoms with E-state index >= 15 is 0 Å². The molecule has 3 aromatic rings. The quantitative estimate of drug-likeness (QED) is 0.280. The second-order valence-corrected chi connectivity index (χ2v) is 9.22. The molecule has 42 heavy (non-hydrogen) atoms.